The van der Waals surface area contributed by atoms with E-state index in [1.54, 1.807) is 7.05 Å². The number of nitrogens with one attached hydrogen (secondary N) is 1. The van der Waals surface area contributed by atoms with E-state index in [0.717, 1.165) is 5.56 Å². The lowest BCUT2D eigenvalue weighted by Crippen LogP contribution is -2.40. The molecule has 17 heavy (non-hydrogen) atoms. The number of likely N-dealkylation sites (N-methyl/N-ethyl adjacent to an activating group) is 1. The predicted octanol–water partition coefficient (Wildman–Crippen LogP) is 0.0457. The quantitative estimate of drug-likeness (QED) is 0.630. The zero-order valence-electron chi connectivity index (χ0n) is 10.0. The van der Waals surface area contributed by atoms with Gasteiger partial charge in [0.2, 0.25) is 0 Å². The second-order valence-corrected chi connectivity index (χ2v) is 3.20. The average molecular weight is 238 g/mol. The summed E-state index contributed by atoms with van der Waals surface area (Å²) in [6.45, 7) is 0. The van der Waals surface area contributed by atoms with Crippen LogP contribution in [0, 0.1) is 0 Å². The van der Waals surface area contributed by atoms with Gasteiger partial charge in [0.05, 0.1) is 6.04 Å². The predicted molar refractivity (Wildman–Crippen MR) is 65.7 cm³/mol. The van der Waals surface area contributed by atoms with Crippen molar-refractivity contribution in [2.45, 2.75) is 12.5 Å². The van der Waals surface area contributed by atoms with Gasteiger partial charge in [-0.3, -0.25) is 4.79 Å². The lowest BCUT2D eigenvalue weighted by atomic mass is 10.0. The number of aliphatic carboxylic acids is 1. The number of Topliss-reactive ketones (excluding diaryl/α,β-unsaturated/α-hetero) is 1. The highest BCUT2D eigenvalue weighted by molar-refractivity contribution is 6.34. The van der Waals surface area contributed by atoms with E-state index >= 15 is 0 Å². The van der Waals surface area contributed by atoms with Crippen LogP contribution >= 0.6 is 0 Å². The summed E-state index contributed by atoms with van der Waals surface area (Å²) in [6.07, 6.45) is 0.391. The van der Waals surface area contributed by atoms with Gasteiger partial charge in [-0.2, -0.15) is 0 Å². The summed E-state index contributed by atoms with van der Waals surface area (Å²) >= 11 is 0. The van der Waals surface area contributed by atoms with E-state index in [-0.39, 0.29) is 0 Å². The normalized spacial score (nSPS) is 11.0. The second kappa shape index (κ2) is 8.43. The molecular weight excluding hydrogens is 220 g/mol. The fraction of sp³-hybridized carbons (Fsp3) is 0.333. The molecule has 0 aliphatic rings. The van der Waals surface area contributed by atoms with Gasteiger partial charge >= 0.3 is 5.97 Å². The Hall–Kier alpha value is -1.72. The number of carbonyl (C=O) groups is 2. The SMILES string of the molecule is CN.CN[C@@H](Cc1ccccc1)C(=O)C(=O)O. The minimum absolute atomic E-state index is 0.391. The van der Waals surface area contributed by atoms with Gasteiger partial charge in [-0.15, -0.1) is 0 Å². The van der Waals surface area contributed by atoms with Crippen LogP contribution in [0.15, 0.2) is 30.3 Å². The largest absolute Gasteiger partial charge is 0.475 e. The van der Waals surface area contributed by atoms with E-state index in [1.165, 1.54) is 7.05 Å². The Kier molecular flexibility index (Phi) is 7.58. The Morgan fingerprint density at radius 1 is 1.29 bits per heavy atom. The van der Waals surface area contributed by atoms with Crippen LogP contribution in [0.2, 0.25) is 0 Å². The Morgan fingerprint density at radius 3 is 2.24 bits per heavy atom. The topological polar surface area (TPSA) is 92.4 Å². The first-order valence-electron chi connectivity index (χ1n) is 5.21. The van der Waals surface area contributed by atoms with Crippen molar-refractivity contribution in [3.63, 3.8) is 0 Å². The van der Waals surface area contributed by atoms with Crippen molar-refractivity contribution in [3.05, 3.63) is 35.9 Å². The van der Waals surface area contributed by atoms with Crippen molar-refractivity contribution < 1.29 is 14.7 Å². The molecule has 0 saturated heterocycles. The summed E-state index contributed by atoms with van der Waals surface area (Å²) in [6, 6.07) is 8.64. The standard InChI is InChI=1S/C11H13NO3.CH5N/c1-12-9(10(13)11(14)15)7-8-5-3-2-4-6-8;1-2/h2-6,9,12H,7H2,1H3,(H,14,15);2H2,1H3/t9-;/m0./s1. The molecule has 0 amide bonds. The Balaban J connectivity index is 0.00000121. The van der Waals surface area contributed by atoms with E-state index in [2.05, 4.69) is 11.1 Å². The third-order valence-corrected chi connectivity index (χ3v) is 2.16. The average Bonchev–Trinajstić information content (AvgIpc) is 2.38. The van der Waals surface area contributed by atoms with Crippen molar-refractivity contribution in [3.8, 4) is 0 Å². The maximum Gasteiger partial charge on any atom is 0.373 e. The number of benzene rings is 1. The van der Waals surface area contributed by atoms with Crippen molar-refractivity contribution >= 4 is 11.8 Å². The van der Waals surface area contributed by atoms with Gasteiger partial charge in [-0.1, -0.05) is 30.3 Å². The van der Waals surface area contributed by atoms with Gasteiger partial charge in [0, 0.05) is 0 Å². The van der Waals surface area contributed by atoms with Gasteiger partial charge in [0.1, 0.15) is 0 Å². The van der Waals surface area contributed by atoms with Crippen LogP contribution in [0.1, 0.15) is 5.56 Å². The molecule has 4 N–H and O–H groups in total. The fourth-order valence-corrected chi connectivity index (χ4v) is 1.32. The zero-order valence-corrected chi connectivity index (χ0v) is 10.0. The molecule has 0 unspecified atom stereocenters. The first-order valence-corrected chi connectivity index (χ1v) is 5.21. The Morgan fingerprint density at radius 2 is 1.82 bits per heavy atom. The number of ketones is 1. The maximum absolute atomic E-state index is 11.2. The molecular formula is C12H18N2O3. The van der Waals surface area contributed by atoms with Crippen LogP contribution in [0.3, 0.4) is 0 Å². The third-order valence-electron chi connectivity index (χ3n) is 2.16. The Labute approximate surface area is 101 Å². The molecule has 0 aromatic heterocycles. The lowest BCUT2D eigenvalue weighted by Gasteiger charge is -2.12. The smallest absolute Gasteiger partial charge is 0.373 e. The summed E-state index contributed by atoms with van der Waals surface area (Å²) in [7, 11) is 3.08. The zero-order chi connectivity index (χ0) is 13.3. The van der Waals surface area contributed by atoms with Crippen LogP contribution in [0.25, 0.3) is 0 Å². The molecule has 1 aromatic carbocycles. The van der Waals surface area contributed by atoms with E-state index in [4.69, 9.17) is 5.11 Å². The summed E-state index contributed by atoms with van der Waals surface area (Å²) < 4.78 is 0. The van der Waals surface area contributed by atoms with Crippen molar-refractivity contribution in [1.29, 1.82) is 0 Å². The van der Waals surface area contributed by atoms with Crippen LogP contribution < -0.4 is 11.1 Å². The summed E-state index contributed by atoms with van der Waals surface area (Å²) in [4.78, 5) is 21.7. The van der Waals surface area contributed by atoms with Crippen LogP contribution in [0.5, 0.6) is 0 Å². The van der Waals surface area contributed by atoms with Gasteiger partial charge in [0.15, 0.2) is 0 Å². The monoisotopic (exact) mass is 238 g/mol. The number of hydrogen-bond donors (Lipinski definition) is 3. The molecule has 0 bridgehead atoms. The number of carboxylic acid groups (broad SMARTS) is 1. The van der Waals surface area contributed by atoms with Gasteiger partial charge in [0.25, 0.3) is 5.78 Å². The minimum Gasteiger partial charge on any atom is -0.475 e. The second-order valence-electron chi connectivity index (χ2n) is 3.20. The van der Waals surface area contributed by atoms with E-state index in [1.807, 2.05) is 30.3 Å². The minimum atomic E-state index is -1.40. The molecule has 94 valence electrons. The van der Waals surface area contributed by atoms with E-state index in [9.17, 15) is 9.59 Å². The molecule has 0 fully saturated rings. The first kappa shape index (κ1) is 15.3. The fourth-order valence-electron chi connectivity index (χ4n) is 1.32. The number of nitrogens with two attached hydrogens (primary N) is 1. The van der Waals surface area contributed by atoms with Gasteiger partial charge in [-0.05, 0) is 26.1 Å². The molecule has 5 heteroatoms. The molecule has 0 saturated carbocycles. The first-order chi connectivity index (χ1) is 8.15. The Bertz CT molecular complexity index is 352. The van der Waals surface area contributed by atoms with Crippen LogP contribution in [-0.2, 0) is 16.0 Å². The highest BCUT2D eigenvalue weighted by Crippen LogP contribution is 2.03. The molecule has 0 heterocycles. The van der Waals surface area contributed by atoms with Crippen molar-refractivity contribution in [2.24, 2.45) is 5.73 Å². The van der Waals surface area contributed by atoms with Crippen molar-refractivity contribution in [1.82, 2.24) is 5.32 Å². The molecule has 0 aliphatic carbocycles. The number of carbonyl (C=O) groups excluding carboxylic acids is 1. The molecule has 1 aromatic rings. The number of hydrogen-bond acceptors (Lipinski definition) is 4. The maximum atomic E-state index is 11.2. The summed E-state index contributed by atoms with van der Waals surface area (Å²) in [5.41, 5.74) is 5.44. The highest BCUT2D eigenvalue weighted by atomic mass is 16.4. The molecule has 1 rings (SSSR count). The van der Waals surface area contributed by atoms with Crippen LogP contribution in [-0.4, -0.2) is 37.0 Å². The lowest BCUT2D eigenvalue weighted by molar-refractivity contribution is -0.150. The highest BCUT2D eigenvalue weighted by Gasteiger charge is 2.23. The van der Waals surface area contributed by atoms with E-state index in [0.29, 0.717) is 6.42 Å². The summed E-state index contributed by atoms with van der Waals surface area (Å²) in [5.74, 6) is -2.20. The van der Waals surface area contributed by atoms with Crippen LogP contribution in [0.4, 0.5) is 0 Å². The number of carboxylic acids is 1. The molecule has 0 spiro atoms. The summed E-state index contributed by atoms with van der Waals surface area (Å²) in [5, 5.41) is 11.3. The molecule has 1 atom stereocenters. The molecule has 0 radical (unpaired) electrons. The molecule has 0 aliphatic heterocycles. The van der Waals surface area contributed by atoms with Gasteiger partial charge < -0.3 is 16.2 Å². The molecule has 5 nitrogen and oxygen atoms in total. The van der Waals surface area contributed by atoms with Crippen molar-refractivity contribution in [2.75, 3.05) is 14.1 Å². The van der Waals surface area contributed by atoms with E-state index < -0.39 is 17.8 Å². The number of rotatable bonds is 5. The van der Waals surface area contributed by atoms with Gasteiger partial charge in [-0.25, -0.2) is 4.79 Å². The third kappa shape index (κ3) is 5.24.